The Morgan fingerprint density at radius 2 is 2.26 bits per heavy atom. The number of likely N-dealkylation sites (tertiary alicyclic amines) is 1. The molecule has 7 nitrogen and oxygen atoms in total. The highest BCUT2D eigenvalue weighted by Gasteiger charge is 2.42. The summed E-state index contributed by atoms with van der Waals surface area (Å²) in [6.07, 6.45) is 7.10. The van der Waals surface area contributed by atoms with Crippen molar-refractivity contribution in [2.75, 3.05) is 19.7 Å². The highest BCUT2D eigenvalue weighted by Crippen LogP contribution is 2.40. The standard InChI is InChI=1S/C16H20N4O3/c21-14(2-1-13-3-7-18-23-13)20-8-5-16(6-9-20)15-12(4-10-22-16)11-17-19-15/h3,7,11H,1-2,4-6,8-10H2,(H,17,19). The molecule has 4 heterocycles. The summed E-state index contributed by atoms with van der Waals surface area (Å²) in [5.41, 5.74) is 2.07. The number of amides is 1. The number of fused-ring (bicyclic) bond motifs is 2. The van der Waals surface area contributed by atoms with Gasteiger partial charge in [-0.25, -0.2) is 0 Å². The van der Waals surface area contributed by atoms with Gasteiger partial charge in [0, 0.05) is 32.0 Å². The molecule has 1 N–H and O–H groups in total. The zero-order chi connectivity index (χ0) is 15.7. The second kappa shape index (κ2) is 5.81. The Morgan fingerprint density at radius 1 is 1.39 bits per heavy atom. The van der Waals surface area contributed by atoms with Gasteiger partial charge in [-0.1, -0.05) is 5.16 Å². The van der Waals surface area contributed by atoms with E-state index in [-0.39, 0.29) is 11.5 Å². The van der Waals surface area contributed by atoms with Crippen LogP contribution in [0.1, 0.15) is 36.3 Å². The predicted molar refractivity (Wildman–Crippen MR) is 80.6 cm³/mol. The number of nitrogens with zero attached hydrogens (tertiary/aromatic N) is 3. The predicted octanol–water partition coefficient (Wildman–Crippen LogP) is 1.42. The number of rotatable bonds is 3. The van der Waals surface area contributed by atoms with Crippen molar-refractivity contribution in [3.8, 4) is 0 Å². The summed E-state index contributed by atoms with van der Waals surface area (Å²) in [4.78, 5) is 14.3. The number of ether oxygens (including phenoxy) is 1. The Morgan fingerprint density at radius 3 is 3.04 bits per heavy atom. The maximum absolute atomic E-state index is 12.4. The molecule has 4 rings (SSSR count). The molecule has 2 aliphatic rings. The highest BCUT2D eigenvalue weighted by molar-refractivity contribution is 5.76. The van der Waals surface area contributed by atoms with E-state index in [2.05, 4.69) is 15.4 Å². The van der Waals surface area contributed by atoms with E-state index in [1.165, 1.54) is 5.56 Å². The molecule has 122 valence electrons. The van der Waals surface area contributed by atoms with Crippen LogP contribution in [0.15, 0.2) is 23.0 Å². The number of hydrogen-bond donors (Lipinski definition) is 1. The molecule has 2 aromatic rings. The molecule has 0 radical (unpaired) electrons. The molecule has 0 aromatic carbocycles. The molecule has 1 spiro atoms. The number of nitrogens with one attached hydrogen (secondary N) is 1. The molecule has 23 heavy (non-hydrogen) atoms. The van der Waals surface area contributed by atoms with E-state index in [9.17, 15) is 4.79 Å². The first-order chi connectivity index (χ1) is 11.3. The van der Waals surface area contributed by atoms with Crippen LogP contribution in [0, 0.1) is 0 Å². The van der Waals surface area contributed by atoms with Crippen LogP contribution in [-0.4, -0.2) is 45.9 Å². The topological polar surface area (TPSA) is 84.2 Å². The zero-order valence-electron chi connectivity index (χ0n) is 13.0. The molecule has 0 bridgehead atoms. The van der Waals surface area contributed by atoms with Crippen LogP contribution in [-0.2, 0) is 28.0 Å². The highest BCUT2D eigenvalue weighted by atomic mass is 16.5. The Hall–Kier alpha value is -2.15. The lowest BCUT2D eigenvalue weighted by atomic mass is 9.83. The third-order valence-corrected chi connectivity index (χ3v) is 4.92. The van der Waals surface area contributed by atoms with Crippen LogP contribution >= 0.6 is 0 Å². The van der Waals surface area contributed by atoms with Gasteiger partial charge in [0.1, 0.15) is 11.4 Å². The molecular weight excluding hydrogens is 296 g/mol. The van der Waals surface area contributed by atoms with Gasteiger partial charge in [0.05, 0.1) is 24.7 Å². The Bertz CT molecular complexity index is 671. The van der Waals surface area contributed by atoms with Gasteiger partial charge in [0.15, 0.2) is 0 Å². The van der Waals surface area contributed by atoms with Crippen LogP contribution < -0.4 is 0 Å². The molecule has 2 aliphatic heterocycles. The summed E-state index contributed by atoms with van der Waals surface area (Å²) in [5, 5.41) is 10.9. The van der Waals surface area contributed by atoms with Gasteiger partial charge in [-0.2, -0.15) is 5.10 Å². The molecule has 2 aromatic heterocycles. The van der Waals surface area contributed by atoms with Gasteiger partial charge in [0.2, 0.25) is 5.91 Å². The summed E-state index contributed by atoms with van der Waals surface area (Å²) < 4.78 is 11.1. The lowest BCUT2D eigenvalue weighted by Crippen LogP contribution is -2.48. The molecule has 0 atom stereocenters. The number of carbonyl (C=O) groups excluding carboxylic acids is 1. The van der Waals surface area contributed by atoms with Crippen molar-refractivity contribution in [3.05, 3.63) is 35.5 Å². The fourth-order valence-electron chi connectivity index (χ4n) is 3.59. The van der Waals surface area contributed by atoms with Crippen molar-refractivity contribution >= 4 is 5.91 Å². The van der Waals surface area contributed by atoms with Crippen LogP contribution in [0.2, 0.25) is 0 Å². The summed E-state index contributed by atoms with van der Waals surface area (Å²) >= 11 is 0. The minimum Gasteiger partial charge on any atom is -0.368 e. The second-order valence-corrected chi connectivity index (χ2v) is 6.22. The summed E-state index contributed by atoms with van der Waals surface area (Å²) in [6, 6.07) is 1.80. The summed E-state index contributed by atoms with van der Waals surface area (Å²) in [7, 11) is 0. The average molecular weight is 316 g/mol. The quantitative estimate of drug-likeness (QED) is 0.926. The molecule has 0 aliphatic carbocycles. The van der Waals surface area contributed by atoms with Crippen molar-refractivity contribution in [1.82, 2.24) is 20.3 Å². The zero-order valence-corrected chi connectivity index (χ0v) is 13.0. The first-order valence-electron chi connectivity index (χ1n) is 8.11. The number of piperidine rings is 1. The van der Waals surface area contributed by atoms with E-state index in [1.54, 1.807) is 12.3 Å². The number of aromatic nitrogens is 3. The first kappa shape index (κ1) is 14.4. The van der Waals surface area contributed by atoms with Crippen LogP contribution in [0.5, 0.6) is 0 Å². The third-order valence-electron chi connectivity index (χ3n) is 4.92. The van der Waals surface area contributed by atoms with Crippen LogP contribution in [0.3, 0.4) is 0 Å². The normalized spacial score (nSPS) is 19.7. The molecular formula is C16H20N4O3. The van der Waals surface area contributed by atoms with Crippen molar-refractivity contribution in [2.45, 2.75) is 37.7 Å². The van der Waals surface area contributed by atoms with Gasteiger partial charge in [-0.15, -0.1) is 0 Å². The number of aryl methyl sites for hydroxylation is 1. The van der Waals surface area contributed by atoms with Gasteiger partial charge >= 0.3 is 0 Å². The fourth-order valence-corrected chi connectivity index (χ4v) is 3.59. The van der Waals surface area contributed by atoms with E-state index in [0.717, 1.165) is 37.3 Å². The molecule has 7 heteroatoms. The molecule has 1 saturated heterocycles. The second-order valence-electron chi connectivity index (χ2n) is 6.22. The van der Waals surface area contributed by atoms with Crippen LogP contribution in [0.4, 0.5) is 0 Å². The van der Waals surface area contributed by atoms with Crippen molar-refractivity contribution in [1.29, 1.82) is 0 Å². The maximum atomic E-state index is 12.4. The monoisotopic (exact) mass is 316 g/mol. The molecule has 1 amide bonds. The van der Waals surface area contributed by atoms with E-state index >= 15 is 0 Å². The Kier molecular flexibility index (Phi) is 3.65. The van der Waals surface area contributed by atoms with E-state index in [0.29, 0.717) is 25.9 Å². The largest absolute Gasteiger partial charge is 0.368 e. The molecule has 0 unspecified atom stereocenters. The lowest BCUT2D eigenvalue weighted by molar-refractivity contribution is -0.141. The lowest BCUT2D eigenvalue weighted by Gasteiger charge is -2.43. The number of aromatic amines is 1. The molecule has 0 saturated carbocycles. The van der Waals surface area contributed by atoms with Gasteiger partial charge in [0.25, 0.3) is 0 Å². The number of hydrogen-bond acceptors (Lipinski definition) is 5. The van der Waals surface area contributed by atoms with Crippen molar-refractivity contribution in [3.63, 3.8) is 0 Å². The fraction of sp³-hybridized carbons (Fsp3) is 0.562. The van der Waals surface area contributed by atoms with E-state index in [1.807, 2.05) is 11.1 Å². The Balaban J connectivity index is 1.37. The number of carbonyl (C=O) groups is 1. The summed E-state index contributed by atoms with van der Waals surface area (Å²) in [6.45, 7) is 2.16. The van der Waals surface area contributed by atoms with Gasteiger partial charge in [-0.3, -0.25) is 9.89 Å². The maximum Gasteiger partial charge on any atom is 0.223 e. The smallest absolute Gasteiger partial charge is 0.223 e. The van der Waals surface area contributed by atoms with E-state index in [4.69, 9.17) is 9.26 Å². The van der Waals surface area contributed by atoms with Crippen LogP contribution in [0.25, 0.3) is 0 Å². The van der Waals surface area contributed by atoms with Crippen molar-refractivity contribution < 1.29 is 14.1 Å². The van der Waals surface area contributed by atoms with Crippen molar-refractivity contribution in [2.24, 2.45) is 0 Å². The molecule has 1 fully saturated rings. The van der Waals surface area contributed by atoms with Gasteiger partial charge in [-0.05, 0) is 24.8 Å². The van der Waals surface area contributed by atoms with E-state index < -0.39 is 0 Å². The number of H-pyrrole nitrogens is 1. The average Bonchev–Trinajstić information content (AvgIpc) is 3.25. The minimum absolute atomic E-state index is 0.164. The Labute approximate surface area is 134 Å². The summed E-state index contributed by atoms with van der Waals surface area (Å²) in [5.74, 6) is 0.918. The first-order valence-corrected chi connectivity index (χ1v) is 8.11. The van der Waals surface area contributed by atoms with Gasteiger partial charge < -0.3 is 14.2 Å². The third kappa shape index (κ3) is 2.65. The minimum atomic E-state index is -0.286. The SMILES string of the molecule is O=C(CCc1ccno1)N1CCC2(CC1)OCCc1cn[nH]c12.